The van der Waals surface area contributed by atoms with Crippen LogP contribution in [0.25, 0.3) is 6.08 Å². The molecule has 0 aliphatic carbocycles. The molecule has 0 saturated heterocycles. The first-order valence-corrected chi connectivity index (χ1v) is 7.43. The zero-order valence-corrected chi connectivity index (χ0v) is 13.8. The van der Waals surface area contributed by atoms with Crippen molar-refractivity contribution in [2.24, 2.45) is 0 Å². The van der Waals surface area contributed by atoms with Gasteiger partial charge in [0.25, 0.3) is 0 Å². The van der Waals surface area contributed by atoms with E-state index in [0.717, 1.165) is 16.9 Å². The summed E-state index contributed by atoms with van der Waals surface area (Å²) in [6, 6.07) is 12.8. The largest absolute Gasteiger partial charge is 0.378 e. The van der Waals surface area contributed by atoms with E-state index in [9.17, 15) is 4.79 Å². The van der Waals surface area contributed by atoms with Crippen molar-refractivity contribution in [1.82, 2.24) is 0 Å². The van der Waals surface area contributed by atoms with Gasteiger partial charge in [-0.25, -0.2) is 0 Å². The van der Waals surface area contributed by atoms with Crippen LogP contribution in [-0.4, -0.2) is 20.0 Å². The Labute approximate surface area is 140 Å². The molecule has 2 aromatic rings. The minimum Gasteiger partial charge on any atom is -0.378 e. The summed E-state index contributed by atoms with van der Waals surface area (Å²) in [4.78, 5) is 13.9. The number of halogens is 2. The highest BCUT2D eigenvalue weighted by Gasteiger charge is 2.01. The van der Waals surface area contributed by atoms with Gasteiger partial charge in [-0.05, 0) is 48.0 Å². The van der Waals surface area contributed by atoms with Crippen molar-refractivity contribution in [2.75, 3.05) is 24.3 Å². The second-order valence-electron chi connectivity index (χ2n) is 4.94. The second kappa shape index (κ2) is 7.34. The molecule has 0 saturated carbocycles. The number of nitrogens with zero attached hydrogens (tertiary/aromatic N) is 1. The summed E-state index contributed by atoms with van der Waals surface area (Å²) >= 11 is 11.8. The van der Waals surface area contributed by atoms with E-state index in [-0.39, 0.29) is 5.91 Å². The van der Waals surface area contributed by atoms with E-state index in [1.54, 1.807) is 24.3 Å². The summed E-state index contributed by atoms with van der Waals surface area (Å²) in [6.07, 6.45) is 3.14. The van der Waals surface area contributed by atoms with E-state index < -0.39 is 0 Å². The first kappa shape index (κ1) is 16.4. The summed E-state index contributed by atoms with van der Waals surface area (Å²) in [6.45, 7) is 0. The maximum absolute atomic E-state index is 11.9. The molecule has 1 amide bonds. The number of anilines is 2. The lowest BCUT2D eigenvalue weighted by molar-refractivity contribution is -0.111. The van der Waals surface area contributed by atoms with Crippen molar-refractivity contribution in [2.45, 2.75) is 0 Å². The summed E-state index contributed by atoms with van der Waals surface area (Å²) in [5.74, 6) is -0.205. The molecule has 114 valence electrons. The predicted octanol–water partition coefficient (Wildman–Crippen LogP) is 4.71. The van der Waals surface area contributed by atoms with Crippen molar-refractivity contribution in [3.63, 3.8) is 0 Å². The molecule has 0 radical (unpaired) electrons. The van der Waals surface area contributed by atoms with Crippen molar-refractivity contribution in [3.8, 4) is 0 Å². The lowest BCUT2D eigenvalue weighted by Crippen LogP contribution is -2.10. The predicted molar refractivity (Wildman–Crippen MR) is 94.9 cm³/mol. The number of benzene rings is 2. The average molecular weight is 335 g/mol. The first-order chi connectivity index (χ1) is 10.5. The zero-order chi connectivity index (χ0) is 16.1. The Bertz CT molecular complexity index is 694. The van der Waals surface area contributed by atoms with Gasteiger partial charge in [-0.2, -0.15) is 0 Å². The van der Waals surface area contributed by atoms with E-state index in [0.29, 0.717) is 10.0 Å². The van der Waals surface area contributed by atoms with Crippen LogP contribution in [-0.2, 0) is 4.79 Å². The Morgan fingerprint density at radius 3 is 2.32 bits per heavy atom. The molecule has 0 heterocycles. The van der Waals surface area contributed by atoms with Gasteiger partial charge in [0.1, 0.15) is 0 Å². The molecule has 2 rings (SSSR count). The Hall–Kier alpha value is -1.97. The lowest BCUT2D eigenvalue weighted by Gasteiger charge is -2.12. The van der Waals surface area contributed by atoms with Crippen LogP contribution in [0.3, 0.4) is 0 Å². The number of hydrogen-bond acceptors (Lipinski definition) is 2. The zero-order valence-electron chi connectivity index (χ0n) is 12.3. The van der Waals surface area contributed by atoms with Crippen molar-refractivity contribution in [1.29, 1.82) is 0 Å². The van der Waals surface area contributed by atoms with E-state index in [4.69, 9.17) is 23.2 Å². The fourth-order valence-corrected chi connectivity index (χ4v) is 2.12. The van der Waals surface area contributed by atoms with Crippen LogP contribution in [0.4, 0.5) is 11.4 Å². The molecule has 1 N–H and O–H groups in total. The molecule has 0 aromatic heterocycles. The second-order valence-corrected chi connectivity index (χ2v) is 5.75. The number of nitrogens with one attached hydrogen (secondary N) is 1. The lowest BCUT2D eigenvalue weighted by atomic mass is 10.2. The third-order valence-electron chi connectivity index (χ3n) is 3.02. The summed E-state index contributed by atoms with van der Waals surface area (Å²) in [5, 5.41) is 3.75. The van der Waals surface area contributed by atoms with E-state index in [1.807, 2.05) is 43.3 Å². The van der Waals surface area contributed by atoms with Crippen LogP contribution in [0.15, 0.2) is 48.5 Å². The van der Waals surface area contributed by atoms with Gasteiger partial charge in [-0.3, -0.25) is 4.79 Å². The van der Waals surface area contributed by atoms with Gasteiger partial charge in [0, 0.05) is 31.5 Å². The molecule has 0 aliphatic rings. The summed E-state index contributed by atoms with van der Waals surface area (Å²) in [7, 11) is 3.93. The third-order valence-corrected chi connectivity index (χ3v) is 3.76. The first-order valence-electron chi connectivity index (χ1n) is 6.67. The van der Waals surface area contributed by atoms with Crippen LogP contribution >= 0.6 is 23.2 Å². The molecule has 0 fully saturated rings. The number of hydrogen-bond donors (Lipinski definition) is 1. The molecule has 0 aliphatic heterocycles. The van der Waals surface area contributed by atoms with Crippen molar-refractivity contribution >= 4 is 46.6 Å². The molecule has 0 atom stereocenters. The average Bonchev–Trinajstić information content (AvgIpc) is 2.49. The van der Waals surface area contributed by atoms with Gasteiger partial charge in [-0.15, -0.1) is 0 Å². The Morgan fingerprint density at radius 1 is 1.05 bits per heavy atom. The molecule has 0 bridgehead atoms. The minimum absolute atomic E-state index is 0.205. The van der Waals surface area contributed by atoms with Gasteiger partial charge in [-0.1, -0.05) is 29.3 Å². The molecule has 5 heteroatoms. The maximum atomic E-state index is 11.9. The highest BCUT2D eigenvalue weighted by molar-refractivity contribution is 6.42. The van der Waals surface area contributed by atoms with E-state index in [2.05, 4.69) is 5.32 Å². The molecule has 0 spiro atoms. The Balaban J connectivity index is 2.00. The van der Waals surface area contributed by atoms with Gasteiger partial charge in [0.15, 0.2) is 0 Å². The van der Waals surface area contributed by atoms with Crippen LogP contribution in [0.1, 0.15) is 5.56 Å². The van der Waals surface area contributed by atoms with Gasteiger partial charge < -0.3 is 10.2 Å². The SMILES string of the molecule is CN(C)c1ccc(NC(=O)/C=C/c2ccc(Cl)c(Cl)c2)cc1. The highest BCUT2D eigenvalue weighted by Crippen LogP contribution is 2.23. The number of amides is 1. The smallest absolute Gasteiger partial charge is 0.248 e. The maximum Gasteiger partial charge on any atom is 0.248 e. The Kier molecular flexibility index (Phi) is 5.47. The summed E-state index contributed by atoms with van der Waals surface area (Å²) in [5.41, 5.74) is 2.63. The van der Waals surface area contributed by atoms with E-state index in [1.165, 1.54) is 6.08 Å². The number of carbonyl (C=O) groups is 1. The summed E-state index contributed by atoms with van der Waals surface area (Å²) < 4.78 is 0. The number of carbonyl (C=O) groups excluding carboxylic acids is 1. The quantitative estimate of drug-likeness (QED) is 0.821. The van der Waals surface area contributed by atoms with Gasteiger partial charge in [0.05, 0.1) is 10.0 Å². The standard InChI is InChI=1S/C17H16Cl2N2O/c1-21(2)14-7-5-13(6-8-14)20-17(22)10-4-12-3-9-15(18)16(19)11-12/h3-11H,1-2H3,(H,20,22)/b10-4+. The molecular formula is C17H16Cl2N2O. The minimum atomic E-state index is -0.205. The van der Waals surface area contributed by atoms with Crippen LogP contribution < -0.4 is 10.2 Å². The van der Waals surface area contributed by atoms with Crippen molar-refractivity contribution in [3.05, 3.63) is 64.1 Å². The molecule has 0 unspecified atom stereocenters. The fourth-order valence-electron chi connectivity index (χ4n) is 1.81. The highest BCUT2D eigenvalue weighted by atomic mass is 35.5. The monoisotopic (exact) mass is 334 g/mol. The topological polar surface area (TPSA) is 32.3 Å². The molecule has 3 nitrogen and oxygen atoms in total. The molecule has 22 heavy (non-hydrogen) atoms. The fraction of sp³-hybridized carbons (Fsp3) is 0.118. The number of rotatable bonds is 4. The van der Waals surface area contributed by atoms with Crippen molar-refractivity contribution < 1.29 is 4.79 Å². The van der Waals surface area contributed by atoms with Gasteiger partial charge >= 0.3 is 0 Å². The molecule has 2 aromatic carbocycles. The normalized spacial score (nSPS) is 10.7. The van der Waals surface area contributed by atoms with Gasteiger partial charge in [0.2, 0.25) is 5.91 Å². The molecular weight excluding hydrogens is 319 g/mol. The third kappa shape index (κ3) is 4.52. The van der Waals surface area contributed by atoms with Crippen LogP contribution in [0.2, 0.25) is 10.0 Å². The van der Waals surface area contributed by atoms with Crippen LogP contribution in [0, 0.1) is 0 Å². The van der Waals surface area contributed by atoms with Crippen LogP contribution in [0.5, 0.6) is 0 Å². The Morgan fingerprint density at radius 2 is 1.73 bits per heavy atom. The van der Waals surface area contributed by atoms with E-state index >= 15 is 0 Å².